The molecule has 0 aliphatic heterocycles. The maximum absolute atomic E-state index is 11.4. The van der Waals surface area contributed by atoms with Gasteiger partial charge in [0.2, 0.25) is 5.89 Å². The lowest BCUT2D eigenvalue weighted by Gasteiger charge is -2.21. The topological polar surface area (TPSA) is 107 Å². The predicted molar refractivity (Wildman–Crippen MR) is 132 cm³/mol. The van der Waals surface area contributed by atoms with Gasteiger partial charge in [0.25, 0.3) is 5.91 Å². The Bertz CT molecular complexity index is 1390. The van der Waals surface area contributed by atoms with Gasteiger partial charge < -0.3 is 19.8 Å². The number of aliphatic hydroxyl groups is 1. The summed E-state index contributed by atoms with van der Waals surface area (Å²) in [4.78, 5) is 21.1. The Labute approximate surface area is 200 Å². The van der Waals surface area contributed by atoms with Crippen LogP contribution in [0.2, 0.25) is 0 Å². The second-order valence-electron chi connectivity index (χ2n) is 7.85. The highest BCUT2D eigenvalue weighted by Crippen LogP contribution is 2.35. The number of aryl methyl sites for hydroxylation is 1. The zero-order valence-corrected chi connectivity index (χ0v) is 19.5. The molecule has 5 aromatic rings. The number of rotatable bonds is 7. The van der Waals surface area contributed by atoms with Crippen LogP contribution < -0.4 is 5.73 Å². The van der Waals surface area contributed by atoms with Crippen LogP contribution in [0, 0.1) is 0 Å². The van der Waals surface area contributed by atoms with Gasteiger partial charge in [0.15, 0.2) is 5.58 Å². The van der Waals surface area contributed by atoms with E-state index in [9.17, 15) is 9.90 Å². The van der Waals surface area contributed by atoms with Gasteiger partial charge in [-0.05, 0) is 48.9 Å². The average Bonchev–Trinajstić information content (AvgIpc) is 3.51. The molecule has 9 heteroatoms. The van der Waals surface area contributed by atoms with Crippen molar-refractivity contribution < 1.29 is 14.3 Å². The van der Waals surface area contributed by atoms with E-state index in [-0.39, 0.29) is 24.1 Å². The lowest BCUT2D eigenvalue weighted by molar-refractivity contribution is 0.0994. The van der Waals surface area contributed by atoms with Crippen molar-refractivity contribution in [1.29, 1.82) is 0 Å². The van der Waals surface area contributed by atoms with Crippen molar-refractivity contribution in [3.8, 4) is 10.8 Å². The minimum atomic E-state index is -0.632. The Hall–Kier alpha value is -3.20. The fraction of sp³-hybridized carbons (Fsp3) is 0.208. The number of nitrogens with zero attached hydrogens (tertiary/aromatic N) is 3. The number of fused-ring (bicyclic) bond motifs is 2. The van der Waals surface area contributed by atoms with Crippen molar-refractivity contribution in [2.24, 2.45) is 5.73 Å². The van der Waals surface area contributed by atoms with Gasteiger partial charge in [-0.3, -0.25) is 4.79 Å². The molecule has 3 N–H and O–H groups in total. The molecule has 0 spiro atoms. The minimum Gasteiger partial charge on any atom is -0.435 e. The lowest BCUT2D eigenvalue weighted by atomic mass is 10.0. The van der Waals surface area contributed by atoms with Crippen molar-refractivity contribution in [3.63, 3.8) is 0 Å². The van der Waals surface area contributed by atoms with E-state index in [1.54, 1.807) is 29.0 Å². The first-order valence-electron chi connectivity index (χ1n) is 10.4. The van der Waals surface area contributed by atoms with Gasteiger partial charge in [-0.15, -0.1) is 23.7 Å². The first-order chi connectivity index (χ1) is 15.5. The smallest absolute Gasteiger partial charge is 0.268 e. The van der Waals surface area contributed by atoms with Gasteiger partial charge in [0.05, 0.1) is 23.4 Å². The third-order valence-electron chi connectivity index (χ3n) is 5.64. The standard InChI is InChI=1S/C24H22N4O3S.ClH/c1-14(29)19(28-12-18(23(25)30)26-13-28)10-9-15-6-4-7-17-22(15)31-24(27-17)21-11-16-5-2-3-8-20(16)32-21;/h2-8,11-14,19,29H,9-10H2,1H3,(H2,25,30);1H/t14-,19+;/m0./s1. The molecular formula is C24H23ClN4O3S. The van der Waals surface area contributed by atoms with Crippen molar-refractivity contribution >= 4 is 50.8 Å². The second-order valence-corrected chi connectivity index (χ2v) is 8.93. The SMILES string of the molecule is C[C@H](O)[C@@H](CCc1cccc2nc(-c3cc4ccccc4s3)oc12)n1cnc(C(N)=O)c1.Cl. The van der Waals surface area contributed by atoms with Crippen LogP contribution >= 0.6 is 23.7 Å². The van der Waals surface area contributed by atoms with E-state index in [1.165, 1.54) is 16.4 Å². The van der Waals surface area contributed by atoms with Crippen LogP contribution in [-0.4, -0.2) is 31.7 Å². The van der Waals surface area contributed by atoms with E-state index in [2.05, 4.69) is 23.2 Å². The molecule has 0 aliphatic carbocycles. The molecule has 170 valence electrons. The van der Waals surface area contributed by atoms with E-state index in [0.29, 0.717) is 18.7 Å². The summed E-state index contributed by atoms with van der Waals surface area (Å²) in [6.07, 6.45) is 3.77. The number of aliphatic hydroxyl groups excluding tert-OH is 1. The molecule has 0 unspecified atom stereocenters. The molecule has 0 saturated carbocycles. The number of nitrogens with two attached hydrogens (primary N) is 1. The number of para-hydroxylation sites is 1. The first kappa shape index (κ1) is 23.0. The third kappa shape index (κ3) is 4.50. The summed E-state index contributed by atoms with van der Waals surface area (Å²) in [7, 11) is 0. The number of thiophene rings is 1. The number of aromatic nitrogens is 3. The molecule has 0 saturated heterocycles. The molecule has 3 aromatic heterocycles. The number of primary amides is 1. The van der Waals surface area contributed by atoms with E-state index < -0.39 is 12.0 Å². The summed E-state index contributed by atoms with van der Waals surface area (Å²) in [6, 6.07) is 16.0. The molecule has 33 heavy (non-hydrogen) atoms. The Balaban J connectivity index is 0.00000259. The van der Waals surface area contributed by atoms with E-state index in [0.717, 1.165) is 21.5 Å². The van der Waals surface area contributed by atoms with Crippen molar-refractivity contribution in [3.05, 3.63) is 72.3 Å². The quantitative estimate of drug-likeness (QED) is 0.340. The number of carbonyl (C=O) groups excluding carboxylic acids is 1. The number of carbonyl (C=O) groups is 1. The highest BCUT2D eigenvalue weighted by Gasteiger charge is 2.20. The van der Waals surface area contributed by atoms with Crippen molar-refractivity contribution in [2.75, 3.05) is 0 Å². The molecule has 7 nitrogen and oxygen atoms in total. The number of benzene rings is 2. The van der Waals surface area contributed by atoms with Crippen LogP contribution in [0.3, 0.4) is 0 Å². The number of hydrogen-bond acceptors (Lipinski definition) is 6. The van der Waals surface area contributed by atoms with Crippen LogP contribution in [0.15, 0.2) is 65.5 Å². The van der Waals surface area contributed by atoms with Crippen molar-refractivity contribution in [2.45, 2.75) is 31.9 Å². The molecule has 0 fully saturated rings. The fourth-order valence-electron chi connectivity index (χ4n) is 3.98. The Morgan fingerprint density at radius 2 is 2.06 bits per heavy atom. The van der Waals surface area contributed by atoms with Crippen LogP contribution in [0.4, 0.5) is 0 Å². The number of halogens is 1. The fourth-order valence-corrected chi connectivity index (χ4v) is 4.97. The molecular weight excluding hydrogens is 460 g/mol. The molecule has 5 rings (SSSR count). The van der Waals surface area contributed by atoms with Crippen LogP contribution in [0.5, 0.6) is 0 Å². The summed E-state index contributed by atoms with van der Waals surface area (Å²) in [5.74, 6) is 0.0229. The summed E-state index contributed by atoms with van der Waals surface area (Å²) < 4.78 is 9.14. The van der Waals surface area contributed by atoms with E-state index in [4.69, 9.17) is 15.1 Å². The highest BCUT2D eigenvalue weighted by atomic mass is 35.5. The number of oxazole rings is 1. The molecule has 0 aliphatic rings. The molecule has 2 aromatic carbocycles. The minimum absolute atomic E-state index is 0. The van der Waals surface area contributed by atoms with Crippen molar-refractivity contribution in [1.82, 2.24) is 14.5 Å². The second kappa shape index (κ2) is 9.35. The number of amides is 1. The third-order valence-corrected chi connectivity index (χ3v) is 6.74. The Kier molecular flexibility index (Phi) is 6.51. The zero-order chi connectivity index (χ0) is 22.2. The lowest BCUT2D eigenvalue weighted by Crippen LogP contribution is -2.21. The van der Waals surface area contributed by atoms with E-state index >= 15 is 0 Å². The maximum atomic E-state index is 11.4. The number of hydrogen-bond donors (Lipinski definition) is 2. The molecule has 0 bridgehead atoms. The summed E-state index contributed by atoms with van der Waals surface area (Å²) in [5, 5.41) is 11.5. The Morgan fingerprint density at radius 3 is 2.79 bits per heavy atom. The zero-order valence-electron chi connectivity index (χ0n) is 17.8. The maximum Gasteiger partial charge on any atom is 0.268 e. The van der Waals surface area contributed by atoms with Crippen LogP contribution in [0.1, 0.15) is 35.4 Å². The molecule has 3 heterocycles. The first-order valence-corrected chi connectivity index (χ1v) is 11.2. The number of imidazole rings is 1. The summed E-state index contributed by atoms with van der Waals surface area (Å²) in [5.41, 5.74) is 8.07. The molecule has 2 atom stereocenters. The van der Waals surface area contributed by atoms with Gasteiger partial charge in [-0.25, -0.2) is 9.97 Å². The van der Waals surface area contributed by atoms with Crippen LogP contribution in [0.25, 0.3) is 32.0 Å². The van der Waals surface area contributed by atoms with Gasteiger partial charge in [0, 0.05) is 10.9 Å². The van der Waals surface area contributed by atoms with E-state index in [1.807, 2.05) is 30.3 Å². The normalized spacial score (nSPS) is 13.2. The molecule has 1 amide bonds. The average molecular weight is 483 g/mol. The van der Waals surface area contributed by atoms with Crippen LogP contribution in [-0.2, 0) is 6.42 Å². The van der Waals surface area contributed by atoms with Gasteiger partial charge in [-0.1, -0.05) is 30.3 Å². The highest BCUT2D eigenvalue weighted by molar-refractivity contribution is 7.22. The van der Waals surface area contributed by atoms with Gasteiger partial charge in [0.1, 0.15) is 11.2 Å². The largest absolute Gasteiger partial charge is 0.435 e. The molecule has 0 radical (unpaired) electrons. The summed E-state index contributed by atoms with van der Waals surface area (Å²) >= 11 is 1.66. The monoisotopic (exact) mass is 482 g/mol. The predicted octanol–water partition coefficient (Wildman–Crippen LogP) is 4.98. The summed E-state index contributed by atoms with van der Waals surface area (Å²) in [6.45, 7) is 1.73. The van der Waals surface area contributed by atoms with Gasteiger partial charge in [-0.2, -0.15) is 0 Å². The van der Waals surface area contributed by atoms with Gasteiger partial charge >= 0.3 is 0 Å². The Morgan fingerprint density at radius 1 is 1.24 bits per heavy atom.